The molecular weight excluding hydrogens is 156 g/mol. The number of nitrogens with two attached hydrogens (primary N) is 6. The molecule has 0 radical (unpaired) electrons. The summed E-state index contributed by atoms with van der Waals surface area (Å²) < 4.78 is 0. The van der Waals surface area contributed by atoms with Crippen molar-refractivity contribution in [2.24, 2.45) is 34.4 Å². The maximum Gasteiger partial charge on any atom is 0.115 e. The van der Waals surface area contributed by atoms with E-state index in [9.17, 15) is 0 Å². The lowest BCUT2D eigenvalue weighted by molar-refractivity contribution is 0.446. The van der Waals surface area contributed by atoms with Crippen LogP contribution in [0.2, 0.25) is 0 Å². The molecule has 0 aromatic carbocycles. The molecule has 0 aliphatic carbocycles. The van der Waals surface area contributed by atoms with Gasteiger partial charge in [0.1, 0.15) is 11.6 Å². The maximum atomic E-state index is 5.09. The van der Waals surface area contributed by atoms with Gasteiger partial charge in [-0.25, -0.2) is 0 Å². The van der Waals surface area contributed by atoms with Crippen LogP contribution in [0.5, 0.6) is 0 Å². The Kier molecular flexibility index (Phi) is 6.45. The fourth-order valence-corrected chi connectivity index (χ4v) is 0. The summed E-state index contributed by atoms with van der Waals surface area (Å²) in [7, 11) is 0. The van der Waals surface area contributed by atoms with Gasteiger partial charge in [0.2, 0.25) is 0 Å². The van der Waals surface area contributed by atoms with Crippen LogP contribution in [0.4, 0.5) is 0 Å². The van der Waals surface area contributed by atoms with Crippen LogP contribution >= 0.6 is 0 Å². The Labute approximate surface area is 73.6 Å². The summed E-state index contributed by atoms with van der Waals surface area (Å²) in [5.41, 5.74) is 30.5. The summed E-state index contributed by atoms with van der Waals surface area (Å²) in [4.78, 5) is 0. The molecule has 12 heavy (non-hydrogen) atoms. The third-order valence-electron chi connectivity index (χ3n) is 1.22. The average Bonchev–Trinajstić information content (AvgIpc) is 1.86. The highest BCUT2D eigenvalue weighted by atomic mass is 15.1. The molecule has 0 amide bonds. The molecule has 0 spiro atoms. The van der Waals surface area contributed by atoms with Gasteiger partial charge in [-0.05, 0) is 12.8 Å². The van der Waals surface area contributed by atoms with Crippen molar-refractivity contribution in [3.63, 3.8) is 0 Å². The van der Waals surface area contributed by atoms with Crippen molar-refractivity contribution in [2.45, 2.75) is 38.3 Å². The largest absolute Gasteiger partial charge is 0.301 e. The van der Waals surface area contributed by atoms with Crippen LogP contribution in [0.3, 0.4) is 0 Å². The van der Waals surface area contributed by atoms with Crippen molar-refractivity contribution in [1.82, 2.24) is 0 Å². The summed E-state index contributed by atoms with van der Waals surface area (Å²) in [6, 6.07) is 0. The monoisotopic (exact) mass is 178 g/mol. The smallest absolute Gasteiger partial charge is 0.115 e. The SMILES string of the molecule is CCC(N)(N)N.CCC(N)(N)N. The van der Waals surface area contributed by atoms with Crippen LogP contribution in [0.25, 0.3) is 0 Å². The van der Waals surface area contributed by atoms with E-state index in [1.807, 2.05) is 13.8 Å². The first-order chi connectivity index (χ1) is 5.12. The Morgan fingerprint density at radius 2 is 0.750 bits per heavy atom. The molecule has 0 fully saturated rings. The Balaban J connectivity index is 0. The van der Waals surface area contributed by atoms with Gasteiger partial charge < -0.3 is 34.4 Å². The fraction of sp³-hybridized carbons (Fsp3) is 1.00. The lowest BCUT2D eigenvalue weighted by Crippen LogP contribution is -2.57. The number of rotatable bonds is 2. The number of hydrogen-bond donors (Lipinski definition) is 6. The third kappa shape index (κ3) is 22.6. The lowest BCUT2D eigenvalue weighted by Gasteiger charge is -2.13. The minimum absolute atomic E-state index is 0.604. The van der Waals surface area contributed by atoms with Crippen molar-refractivity contribution >= 4 is 0 Å². The zero-order valence-corrected chi connectivity index (χ0v) is 7.88. The second kappa shape index (κ2) is 5.41. The topological polar surface area (TPSA) is 156 Å². The predicted octanol–water partition coefficient (Wildman–Crippen LogP) is -2.15. The molecule has 0 unspecified atom stereocenters. The molecule has 0 heterocycles. The molecule has 0 bridgehead atoms. The third-order valence-corrected chi connectivity index (χ3v) is 1.22. The molecule has 0 aliphatic rings. The van der Waals surface area contributed by atoms with Crippen LogP contribution in [-0.2, 0) is 0 Å². The number of hydrogen-bond acceptors (Lipinski definition) is 6. The zero-order chi connectivity index (χ0) is 10.4. The van der Waals surface area contributed by atoms with Crippen molar-refractivity contribution < 1.29 is 0 Å². The van der Waals surface area contributed by atoms with E-state index in [1.54, 1.807) is 0 Å². The van der Waals surface area contributed by atoms with Gasteiger partial charge in [0.25, 0.3) is 0 Å². The minimum atomic E-state index is -0.958. The first-order valence-electron chi connectivity index (χ1n) is 3.85. The highest BCUT2D eigenvalue weighted by Crippen LogP contribution is 1.81. The molecule has 0 aromatic heterocycles. The zero-order valence-electron chi connectivity index (χ0n) is 7.88. The van der Waals surface area contributed by atoms with E-state index < -0.39 is 11.6 Å². The molecular formula is C6H22N6. The molecule has 0 atom stereocenters. The molecule has 0 aromatic rings. The summed E-state index contributed by atoms with van der Waals surface area (Å²) in [5.74, 6) is -1.92. The van der Waals surface area contributed by atoms with Gasteiger partial charge in [-0.15, -0.1) is 0 Å². The Hall–Kier alpha value is -0.240. The Morgan fingerprint density at radius 3 is 0.750 bits per heavy atom. The Morgan fingerprint density at radius 1 is 0.667 bits per heavy atom. The second-order valence-electron chi connectivity index (χ2n) is 2.93. The van der Waals surface area contributed by atoms with E-state index in [0.717, 1.165) is 0 Å². The summed E-state index contributed by atoms with van der Waals surface area (Å²) >= 11 is 0. The molecule has 0 saturated carbocycles. The van der Waals surface area contributed by atoms with Gasteiger partial charge >= 0.3 is 0 Å². The van der Waals surface area contributed by atoms with Crippen LogP contribution in [0.1, 0.15) is 26.7 Å². The van der Waals surface area contributed by atoms with E-state index in [4.69, 9.17) is 34.4 Å². The van der Waals surface area contributed by atoms with E-state index in [1.165, 1.54) is 0 Å². The van der Waals surface area contributed by atoms with Gasteiger partial charge in [0.15, 0.2) is 0 Å². The molecule has 0 aliphatic heterocycles. The average molecular weight is 178 g/mol. The quantitative estimate of drug-likeness (QED) is 0.265. The van der Waals surface area contributed by atoms with E-state index in [-0.39, 0.29) is 0 Å². The molecule has 76 valence electrons. The van der Waals surface area contributed by atoms with Crippen LogP contribution < -0.4 is 34.4 Å². The van der Waals surface area contributed by atoms with Gasteiger partial charge in [0, 0.05) is 0 Å². The summed E-state index contributed by atoms with van der Waals surface area (Å²) in [6.45, 7) is 3.67. The van der Waals surface area contributed by atoms with Gasteiger partial charge in [-0.2, -0.15) is 0 Å². The van der Waals surface area contributed by atoms with Crippen molar-refractivity contribution in [3.8, 4) is 0 Å². The van der Waals surface area contributed by atoms with Crippen LogP contribution in [0, 0.1) is 0 Å². The van der Waals surface area contributed by atoms with Crippen molar-refractivity contribution in [2.75, 3.05) is 0 Å². The van der Waals surface area contributed by atoms with Crippen molar-refractivity contribution in [1.29, 1.82) is 0 Å². The standard InChI is InChI=1S/2C3H11N3/c2*1-2-3(4,5)6/h2*2,4-6H2,1H3. The van der Waals surface area contributed by atoms with Gasteiger partial charge in [-0.1, -0.05) is 13.8 Å². The van der Waals surface area contributed by atoms with Gasteiger partial charge in [0.05, 0.1) is 0 Å². The molecule has 6 heteroatoms. The van der Waals surface area contributed by atoms with E-state index in [0.29, 0.717) is 12.8 Å². The molecule has 0 saturated heterocycles. The van der Waals surface area contributed by atoms with Crippen molar-refractivity contribution in [3.05, 3.63) is 0 Å². The Bertz CT molecular complexity index is 85.6. The van der Waals surface area contributed by atoms with Crippen LogP contribution in [0.15, 0.2) is 0 Å². The maximum absolute atomic E-state index is 5.09. The molecule has 6 nitrogen and oxygen atoms in total. The van der Waals surface area contributed by atoms with Crippen LogP contribution in [-0.4, -0.2) is 11.6 Å². The molecule has 0 rings (SSSR count). The predicted molar refractivity (Wildman–Crippen MR) is 51.2 cm³/mol. The first-order valence-corrected chi connectivity index (χ1v) is 3.85. The minimum Gasteiger partial charge on any atom is -0.301 e. The molecule has 12 N–H and O–H groups in total. The highest BCUT2D eigenvalue weighted by molar-refractivity contribution is 4.62. The second-order valence-corrected chi connectivity index (χ2v) is 2.93. The van der Waals surface area contributed by atoms with Gasteiger partial charge in [-0.3, -0.25) is 0 Å². The summed E-state index contributed by atoms with van der Waals surface area (Å²) in [5, 5.41) is 0. The highest BCUT2D eigenvalue weighted by Gasteiger charge is 2.04. The summed E-state index contributed by atoms with van der Waals surface area (Å²) in [6.07, 6.45) is 1.21. The van der Waals surface area contributed by atoms with E-state index >= 15 is 0 Å². The normalized spacial score (nSPS) is 12.0. The first kappa shape index (κ1) is 14.3. The lowest BCUT2D eigenvalue weighted by atomic mass is 10.3. The fourth-order valence-electron chi connectivity index (χ4n) is 0. The van der Waals surface area contributed by atoms with E-state index in [2.05, 4.69) is 0 Å².